The van der Waals surface area contributed by atoms with Gasteiger partial charge in [0, 0.05) is 49.0 Å². The number of fused-ring (bicyclic) bond motifs is 5. The van der Waals surface area contributed by atoms with Crippen molar-refractivity contribution >= 4 is 61.5 Å². The van der Waals surface area contributed by atoms with Crippen LogP contribution in [-0.4, -0.2) is 62.0 Å². The zero-order valence-electron chi connectivity index (χ0n) is 31.3. The lowest BCUT2D eigenvalue weighted by molar-refractivity contribution is -0.122. The van der Waals surface area contributed by atoms with E-state index >= 15 is 8.78 Å². The van der Waals surface area contributed by atoms with Crippen molar-refractivity contribution in [3.8, 4) is 11.3 Å². The van der Waals surface area contributed by atoms with Crippen molar-refractivity contribution in [2.75, 3.05) is 15.9 Å². The Morgan fingerprint density at radius 2 is 1.82 bits per heavy atom. The summed E-state index contributed by atoms with van der Waals surface area (Å²) >= 11 is 6.66. The molecule has 13 nitrogen and oxygen atoms in total. The van der Waals surface area contributed by atoms with Gasteiger partial charge in [-0.25, -0.2) is 31.0 Å². The number of carbonyl (C=O) groups excluding carboxylic acids is 1. The molecule has 3 aromatic carbocycles. The molecule has 9 rings (SSSR count). The van der Waals surface area contributed by atoms with Crippen LogP contribution in [0.3, 0.4) is 0 Å². The highest BCUT2D eigenvalue weighted by Crippen LogP contribution is 2.68. The monoisotopic (exact) mass is 868 g/mol. The average molecular weight is 869 g/mol. The van der Waals surface area contributed by atoms with Crippen molar-refractivity contribution < 1.29 is 39.6 Å². The minimum atomic E-state index is -3.83. The minimum absolute atomic E-state index is 0.0278. The van der Waals surface area contributed by atoms with Crippen LogP contribution in [0, 0.1) is 17.6 Å². The second-order valence-corrected chi connectivity index (χ2v) is 17.1. The highest BCUT2D eigenvalue weighted by Gasteiger charge is 2.67. The number of aryl methyl sites for hydroxylation is 1. The molecule has 310 valence electrons. The van der Waals surface area contributed by atoms with Crippen LogP contribution in [0.1, 0.15) is 46.8 Å². The summed E-state index contributed by atoms with van der Waals surface area (Å²) in [5.74, 6) is -8.21. The Hall–Kier alpha value is -6.02. The van der Waals surface area contributed by atoms with Crippen LogP contribution in [0.25, 0.3) is 22.2 Å². The Kier molecular flexibility index (Phi) is 9.41. The fourth-order valence-corrected chi connectivity index (χ4v) is 9.00. The predicted octanol–water partition coefficient (Wildman–Crippen LogP) is 7.15. The number of alkyl halides is 4. The van der Waals surface area contributed by atoms with Crippen LogP contribution in [-0.2, 0) is 47.3 Å². The van der Waals surface area contributed by atoms with Gasteiger partial charge in [0.05, 0.1) is 58.0 Å². The van der Waals surface area contributed by atoms with E-state index in [1.165, 1.54) is 23.1 Å². The third-order valence-corrected chi connectivity index (χ3v) is 11.6. The third kappa shape index (κ3) is 6.99. The molecular weight excluding hydrogens is 838 g/mol. The molecule has 21 heteroatoms. The number of carbonyl (C=O) groups is 1. The summed E-state index contributed by atoms with van der Waals surface area (Å²) in [5.41, 5.74) is 1.21. The fourth-order valence-electron chi connectivity index (χ4n) is 8.27. The van der Waals surface area contributed by atoms with E-state index in [0.29, 0.717) is 44.5 Å². The maximum absolute atomic E-state index is 15.5. The molecule has 2 N–H and O–H groups in total. The summed E-state index contributed by atoms with van der Waals surface area (Å²) in [4.78, 5) is 29.3. The van der Waals surface area contributed by atoms with Gasteiger partial charge in [0.2, 0.25) is 15.9 Å². The highest BCUT2D eigenvalue weighted by molar-refractivity contribution is 7.92. The van der Waals surface area contributed by atoms with E-state index < -0.39 is 75.7 Å². The third-order valence-electron chi connectivity index (χ3n) is 10.7. The van der Waals surface area contributed by atoms with E-state index in [2.05, 4.69) is 30.2 Å². The zero-order valence-corrected chi connectivity index (χ0v) is 32.9. The summed E-state index contributed by atoms with van der Waals surface area (Å²) in [6.45, 7) is -0.846. The first-order valence-corrected chi connectivity index (χ1v) is 20.6. The number of amidine groups is 1. The fraction of sp³-hybridized carbons (Fsp3) is 0.282. The molecule has 1 fully saturated rings. The summed E-state index contributed by atoms with van der Waals surface area (Å²) in [5, 5.41) is 11.3. The van der Waals surface area contributed by atoms with Gasteiger partial charge < -0.3 is 10.2 Å². The molecule has 1 saturated carbocycles. The smallest absolute Gasteiger partial charge is 0.293 e. The first-order chi connectivity index (χ1) is 28.5. The van der Waals surface area contributed by atoms with Gasteiger partial charge >= 0.3 is 0 Å². The van der Waals surface area contributed by atoms with E-state index in [4.69, 9.17) is 16.6 Å². The minimum Gasteiger partial charge on any atom is -0.344 e. The van der Waals surface area contributed by atoms with Crippen LogP contribution >= 0.6 is 11.6 Å². The van der Waals surface area contributed by atoms with Crippen molar-refractivity contribution in [1.29, 1.82) is 0 Å². The van der Waals surface area contributed by atoms with Crippen LogP contribution in [0.15, 0.2) is 72.1 Å². The number of halogens is 7. The van der Waals surface area contributed by atoms with Crippen molar-refractivity contribution in [3.05, 3.63) is 112 Å². The highest BCUT2D eigenvalue weighted by atomic mass is 35.5. The molecule has 60 heavy (non-hydrogen) atoms. The molecule has 0 radical (unpaired) electrons. The molecule has 1 amide bonds. The van der Waals surface area contributed by atoms with Gasteiger partial charge in [0.25, 0.3) is 12.3 Å². The normalized spacial score (nSPS) is 18.2. The number of amides is 1. The van der Waals surface area contributed by atoms with Gasteiger partial charge in [0.15, 0.2) is 5.82 Å². The van der Waals surface area contributed by atoms with Crippen molar-refractivity contribution in [3.63, 3.8) is 0 Å². The Morgan fingerprint density at radius 3 is 2.52 bits per heavy atom. The lowest BCUT2D eigenvalue weighted by Crippen LogP contribution is -2.51. The summed E-state index contributed by atoms with van der Waals surface area (Å²) < 4.78 is 118. The largest absolute Gasteiger partial charge is 0.344 e. The number of nitrogens with zero attached hydrogens (tertiary/aromatic N) is 8. The lowest BCUT2D eigenvalue weighted by atomic mass is 9.99. The zero-order chi connectivity index (χ0) is 42.4. The van der Waals surface area contributed by atoms with Gasteiger partial charge in [-0.05, 0) is 53.8 Å². The van der Waals surface area contributed by atoms with E-state index in [9.17, 15) is 30.8 Å². The maximum atomic E-state index is 15.5. The van der Waals surface area contributed by atoms with Gasteiger partial charge in [-0.1, -0.05) is 23.7 Å². The Balaban J connectivity index is 1.19. The number of hydrogen-bond donors (Lipinski definition) is 2. The number of anilines is 2. The molecule has 0 spiro atoms. The van der Waals surface area contributed by atoms with E-state index in [1.54, 1.807) is 36.3 Å². The van der Waals surface area contributed by atoms with Crippen molar-refractivity contribution in [2.24, 2.45) is 18.0 Å². The predicted molar refractivity (Wildman–Crippen MR) is 209 cm³/mol. The molecule has 0 saturated heterocycles. The second-order valence-electron chi connectivity index (χ2n) is 14.9. The van der Waals surface area contributed by atoms with Gasteiger partial charge in [-0.2, -0.15) is 19.0 Å². The SMILES string of the molecule is Cn1nc(NS(C)(=O)=O)c2c(Cl)ccc(N3Cc4ccc(-c5cnccn5)cc4N=C3[C@H](Cc3cc(F)cc(F)c3)NC(=O)Cn3nc(C(F)F)c4c3C(F)(F)[C@@H]3C[C@H]43)c21. The van der Waals surface area contributed by atoms with Crippen LogP contribution in [0.4, 0.5) is 43.5 Å². The van der Waals surface area contributed by atoms with E-state index in [1.807, 2.05) is 6.07 Å². The summed E-state index contributed by atoms with van der Waals surface area (Å²) in [7, 11) is -2.28. The molecule has 3 aromatic heterocycles. The quantitative estimate of drug-likeness (QED) is 0.130. The topological polar surface area (TPSA) is 152 Å². The average Bonchev–Trinajstić information content (AvgIpc) is 3.72. The Bertz CT molecular complexity index is 2870. The number of benzene rings is 3. The summed E-state index contributed by atoms with van der Waals surface area (Å²) in [6.07, 6.45) is 2.08. The van der Waals surface area contributed by atoms with Gasteiger partial charge in [-0.15, -0.1) is 0 Å². The van der Waals surface area contributed by atoms with Crippen LogP contribution in [0.5, 0.6) is 0 Å². The van der Waals surface area contributed by atoms with Gasteiger partial charge in [-0.3, -0.25) is 28.8 Å². The van der Waals surface area contributed by atoms with Crippen molar-refractivity contribution in [1.82, 2.24) is 34.8 Å². The van der Waals surface area contributed by atoms with E-state index in [-0.39, 0.29) is 52.6 Å². The van der Waals surface area contributed by atoms with Crippen molar-refractivity contribution in [2.45, 2.75) is 50.2 Å². The molecule has 3 atom stereocenters. The Morgan fingerprint density at radius 1 is 1.05 bits per heavy atom. The number of aliphatic imine (C=N–C) groups is 1. The standard InChI is InChI=1S/C39H31ClF6N10O3S/c1-54-34-29(6-5-25(40)32(34)37(52-54)53-60(2,58)59)55-16-20-4-3-19(28-15-47-7-8-48-28)12-26(20)50-38(55)27(11-18-9-21(41)13-22(42)10-18)49-30(57)17-56-35-31(33(51-56)36(43)44)23-14-24(23)39(35,45)46/h3-10,12-13,15,23-24,27,36H,11,14,16-17H2,1-2H3,(H,49,57)(H,52,53)/t23-,24+,27-/m0/s1. The number of rotatable bonds is 11. The first-order valence-electron chi connectivity index (χ1n) is 18.4. The van der Waals surface area contributed by atoms with Gasteiger partial charge in [0.1, 0.15) is 35.4 Å². The summed E-state index contributed by atoms with van der Waals surface area (Å²) in [6, 6.07) is 9.98. The molecule has 0 bridgehead atoms. The molecule has 1 aliphatic heterocycles. The van der Waals surface area contributed by atoms with Crippen LogP contribution in [0.2, 0.25) is 5.02 Å². The molecule has 6 aromatic rings. The first kappa shape index (κ1) is 39.4. The number of sulfonamides is 1. The number of nitrogens with one attached hydrogen (secondary N) is 2. The number of aromatic nitrogens is 6. The second kappa shape index (κ2) is 14.3. The molecule has 0 unspecified atom stereocenters. The molecule has 4 heterocycles. The molecular formula is C39H31ClF6N10O3S. The Labute approximate surface area is 342 Å². The van der Waals surface area contributed by atoms with E-state index in [0.717, 1.165) is 18.4 Å². The number of hydrogen-bond acceptors (Lipinski definition) is 9. The molecule has 2 aliphatic carbocycles. The molecule has 3 aliphatic rings. The lowest BCUT2D eigenvalue weighted by Gasteiger charge is -2.36. The maximum Gasteiger partial charge on any atom is 0.293 e. The van der Waals surface area contributed by atoms with Crippen LogP contribution < -0.4 is 14.9 Å².